The molecule has 1 fully saturated rings. The quantitative estimate of drug-likeness (QED) is 0.887. The Morgan fingerprint density at radius 2 is 2.15 bits per heavy atom. The monoisotopic (exact) mass is 301 g/mol. The van der Waals surface area contributed by atoms with E-state index in [4.69, 9.17) is 5.73 Å². The fourth-order valence-corrected chi connectivity index (χ4v) is 4.02. The highest BCUT2D eigenvalue weighted by molar-refractivity contribution is 7.90. The predicted octanol–water partition coefficient (Wildman–Crippen LogP) is 1.60. The molecular formula is C13H20FN3O2S. The minimum atomic E-state index is -3.69. The van der Waals surface area contributed by atoms with Crippen LogP contribution in [0.2, 0.25) is 0 Å². The number of nitrogens with two attached hydrogens (primary N) is 1. The summed E-state index contributed by atoms with van der Waals surface area (Å²) in [5.41, 5.74) is 6.54. The zero-order chi connectivity index (χ0) is 14.8. The second kappa shape index (κ2) is 6.07. The van der Waals surface area contributed by atoms with E-state index in [0.29, 0.717) is 18.7 Å². The number of hydrogen-bond acceptors (Lipinski definition) is 3. The Balaban J connectivity index is 2.21. The van der Waals surface area contributed by atoms with Gasteiger partial charge in [-0.25, -0.2) is 4.39 Å². The molecule has 0 aromatic heterocycles. The fourth-order valence-electron chi connectivity index (χ4n) is 2.53. The maximum atomic E-state index is 13.3. The molecule has 1 aromatic carbocycles. The predicted molar refractivity (Wildman–Crippen MR) is 77.1 cm³/mol. The molecule has 0 saturated carbocycles. The van der Waals surface area contributed by atoms with E-state index < -0.39 is 16.0 Å². The number of rotatable bonds is 4. The van der Waals surface area contributed by atoms with Crippen molar-refractivity contribution in [2.75, 3.05) is 17.8 Å². The van der Waals surface area contributed by atoms with Crippen LogP contribution in [0.4, 0.5) is 10.1 Å². The number of nitrogens with one attached hydrogen (secondary N) is 1. The van der Waals surface area contributed by atoms with Crippen LogP contribution < -0.4 is 10.5 Å². The molecule has 5 nitrogen and oxygen atoms in total. The smallest absolute Gasteiger partial charge is 0.301 e. The minimum Gasteiger partial charge on any atom is -0.329 e. The number of aryl methyl sites for hydroxylation is 1. The Hall–Kier alpha value is -1.18. The van der Waals surface area contributed by atoms with Gasteiger partial charge in [-0.1, -0.05) is 6.42 Å². The molecule has 2 rings (SSSR count). The molecule has 1 atom stereocenters. The lowest BCUT2D eigenvalue weighted by molar-refractivity contribution is 0.259. The van der Waals surface area contributed by atoms with Gasteiger partial charge in [0.15, 0.2) is 0 Å². The molecule has 1 aromatic rings. The van der Waals surface area contributed by atoms with Crippen LogP contribution in [0.15, 0.2) is 18.2 Å². The Morgan fingerprint density at radius 3 is 2.80 bits per heavy atom. The van der Waals surface area contributed by atoms with Crippen molar-refractivity contribution in [3.8, 4) is 0 Å². The van der Waals surface area contributed by atoms with E-state index >= 15 is 0 Å². The second-order valence-corrected chi connectivity index (χ2v) is 6.74. The highest BCUT2D eigenvalue weighted by atomic mass is 32.2. The van der Waals surface area contributed by atoms with E-state index in [1.54, 1.807) is 13.0 Å². The number of benzene rings is 1. The van der Waals surface area contributed by atoms with Crippen LogP contribution in [0.3, 0.4) is 0 Å². The summed E-state index contributed by atoms with van der Waals surface area (Å²) < 4.78 is 41.9. The van der Waals surface area contributed by atoms with E-state index in [-0.39, 0.29) is 11.7 Å². The summed E-state index contributed by atoms with van der Waals surface area (Å²) in [6.07, 6.45) is 2.56. The van der Waals surface area contributed by atoms with Gasteiger partial charge in [0.2, 0.25) is 0 Å². The van der Waals surface area contributed by atoms with Crippen LogP contribution >= 0.6 is 0 Å². The summed E-state index contributed by atoms with van der Waals surface area (Å²) >= 11 is 0. The third kappa shape index (κ3) is 3.47. The van der Waals surface area contributed by atoms with Crippen molar-refractivity contribution in [1.82, 2.24) is 4.31 Å². The zero-order valence-electron chi connectivity index (χ0n) is 11.5. The van der Waals surface area contributed by atoms with Gasteiger partial charge in [-0.15, -0.1) is 0 Å². The number of nitrogens with zero attached hydrogens (tertiary/aromatic N) is 1. The summed E-state index contributed by atoms with van der Waals surface area (Å²) in [6, 6.07) is 3.94. The third-order valence-electron chi connectivity index (χ3n) is 3.44. The van der Waals surface area contributed by atoms with Gasteiger partial charge in [0.25, 0.3) is 0 Å². The summed E-state index contributed by atoms with van der Waals surface area (Å²) in [6.45, 7) is 2.46. The van der Waals surface area contributed by atoms with Crippen molar-refractivity contribution < 1.29 is 12.8 Å². The van der Waals surface area contributed by atoms with E-state index in [9.17, 15) is 12.8 Å². The Bertz CT molecular complexity index is 557. The van der Waals surface area contributed by atoms with Crippen molar-refractivity contribution in [2.24, 2.45) is 5.73 Å². The first kappa shape index (κ1) is 15.2. The van der Waals surface area contributed by atoms with Crippen LogP contribution in [0.5, 0.6) is 0 Å². The Kier molecular flexibility index (Phi) is 4.62. The summed E-state index contributed by atoms with van der Waals surface area (Å²) in [4.78, 5) is 0. The largest absolute Gasteiger partial charge is 0.329 e. The molecule has 1 aliphatic heterocycles. The third-order valence-corrected chi connectivity index (χ3v) is 5.03. The molecule has 0 amide bonds. The standard InChI is InChI=1S/C13H20FN3O2S/c1-10-6-11(14)8-12(7-10)16-20(18,19)17-5-3-2-4-13(17)9-15/h6-8,13,16H,2-5,9,15H2,1H3. The van der Waals surface area contributed by atoms with Gasteiger partial charge in [0.05, 0.1) is 5.69 Å². The lowest BCUT2D eigenvalue weighted by Gasteiger charge is -2.33. The molecule has 0 bridgehead atoms. The Morgan fingerprint density at radius 1 is 1.40 bits per heavy atom. The van der Waals surface area contributed by atoms with E-state index in [1.165, 1.54) is 16.4 Å². The summed E-state index contributed by atoms with van der Waals surface area (Å²) in [5, 5.41) is 0. The van der Waals surface area contributed by atoms with Gasteiger partial charge in [-0.05, 0) is 43.5 Å². The van der Waals surface area contributed by atoms with Crippen LogP contribution in [0.1, 0.15) is 24.8 Å². The van der Waals surface area contributed by atoms with Gasteiger partial charge in [-0.3, -0.25) is 4.72 Å². The fraction of sp³-hybridized carbons (Fsp3) is 0.538. The van der Waals surface area contributed by atoms with E-state index in [2.05, 4.69) is 4.72 Å². The first-order valence-electron chi connectivity index (χ1n) is 6.69. The van der Waals surface area contributed by atoms with Gasteiger partial charge in [0.1, 0.15) is 5.82 Å². The molecule has 20 heavy (non-hydrogen) atoms. The number of hydrogen-bond donors (Lipinski definition) is 2. The number of piperidine rings is 1. The molecular weight excluding hydrogens is 281 g/mol. The van der Waals surface area contributed by atoms with E-state index in [1.807, 2.05) is 0 Å². The topological polar surface area (TPSA) is 75.4 Å². The zero-order valence-corrected chi connectivity index (χ0v) is 12.3. The average Bonchev–Trinajstić information content (AvgIpc) is 2.36. The molecule has 3 N–H and O–H groups in total. The molecule has 1 saturated heterocycles. The minimum absolute atomic E-state index is 0.184. The molecule has 1 heterocycles. The second-order valence-electron chi connectivity index (χ2n) is 5.12. The maximum absolute atomic E-state index is 13.3. The first-order chi connectivity index (χ1) is 9.42. The molecule has 0 aliphatic carbocycles. The number of anilines is 1. The normalized spacial score (nSPS) is 20.9. The number of halogens is 1. The summed E-state index contributed by atoms with van der Waals surface area (Å²) in [7, 11) is -3.69. The lowest BCUT2D eigenvalue weighted by Crippen LogP contribution is -2.49. The van der Waals surface area contributed by atoms with Crippen LogP contribution in [0.25, 0.3) is 0 Å². The highest BCUT2D eigenvalue weighted by Crippen LogP contribution is 2.22. The van der Waals surface area contributed by atoms with Crippen molar-refractivity contribution in [1.29, 1.82) is 0 Å². The van der Waals surface area contributed by atoms with Gasteiger partial charge in [-0.2, -0.15) is 12.7 Å². The lowest BCUT2D eigenvalue weighted by atomic mass is 10.1. The molecule has 0 radical (unpaired) electrons. The van der Waals surface area contributed by atoms with Crippen molar-refractivity contribution >= 4 is 15.9 Å². The molecule has 0 spiro atoms. The van der Waals surface area contributed by atoms with Gasteiger partial charge < -0.3 is 5.73 Å². The Labute approximate surface area is 119 Å². The van der Waals surface area contributed by atoms with Crippen molar-refractivity contribution in [3.63, 3.8) is 0 Å². The van der Waals surface area contributed by atoms with Crippen LogP contribution in [-0.2, 0) is 10.2 Å². The van der Waals surface area contributed by atoms with Gasteiger partial charge >= 0.3 is 10.2 Å². The SMILES string of the molecule is Cc1cc(F)cc(NS(=O)(=O)N2CCCCC2CN)c1. The highest BCUT2D eigenvalue weighted by Gasteiger charge is 2.31. The van der Waals surface area contributed by atoms with Crippen molar-refractivity contribution in [2.45, 2.75) is 32.2 Å². The van der Waals surface area contributed by atoms with Crippen LogP contribution in [0, 0.1) is 12.7 Å². The molecule has 1 unspecified atom stereocenters. The van der Waals surface area contributed by atoms with E-state index in [0.717, 1.165) is 19.3 Å². The first-order valence-corrected chi connectivity index (χ1v) is 8.13. The van der Waals surface area contributed by atoms with Crippen LogP contribution in [-0.4, -0.2) is 31.9 Å². The molecule has 112 valence electrons. The summed E-state index contributed by atoms with van der Waals surface area (Å²) in [5.74, 6) is -0.461. The average molecular weight is 301 g/mol. The van der Waals surface area contributed by atoms with Gasteiger partial charge in [0, 0.05) is 19.1 Å². The van der Waals surface area contributed by atoms with Crippen molar-refractivity contribution in [3.05, 3.63) is 29.6 Å². The maximum Gasteiger partial charge on any atom is 0.301 e. The molecule has 7 heteroatoms. The molecule has 1 aliphatic rings.